The first-order valence-corrected chi connectivity index (χ1v) is 15.7. The van der Waals surface area contributed by atoms with Crippen molar-refractivity contribution < 1.29 is 46.5 Å². The predicted molar refractivity (Wildman–Crippen MR) is 133 cm³/mol. The Morgan fingerprint density at radius 1 is 1.05 bits per heavy atom. The third-order valence-electron chi connectivity index (χ3n) is 12.0. The van der Waals surface area contributed by atoms with Gasteiger partial charge in [-0.15, -0.1) is 0 Å². The summed E-state index contributed by atoms with van der Waals surface area (Å²) in [5.41, 5.74) is -0.00154. The number of rotatable bonds is 1. The van der Waals surface area contributed by atoms with Gasteiger partial charge in [0, 0.05) is 17.9 Å². The molecule has 8 rings (SSSR count). The first-order valence-electron chi connectivity index (χ1n) is 14.7. The van der Waals surface area contributed by atoms with E-state index in [9.17, 15) is 19.2 Å². The van der Waals surface area contributed by atoms with Crippen LogP contribution in [0, 0.1) is 35.0 Å². The Labute approximate surface area is 230 Å². The van der Waals surface area contributed by atoms with Gasteiger partial charge in [0.15, 0.2) is 0 Å². The van der Waals surface area contributed by atoms with Crippen LogP contribution in [-0.4, -0.2) is 75.2 Å². The number of carbonyl (C=O) groups is 1. The fraction of sp³-hybridized carbons (Fsp3) is 0.893. The van der Waals surface area contributed by atoms with Crippen molar-refractivity contribution in [1.29, 1.82) is 0 Å². The van der Waals surface area contributed by atoms with Crippen molar-refractivity contribution >= 4 is 17.3 Å². The van der Waals surface area contributed by atoms with Gasteiger partial charge in [0.05, 0.1) is 18.3 Å². The van der Waals surface area contributed by atoms with E-state index >= 15 is 0 Å². The lowest BCUT2D eigenvalue weighted by molar-refractivity contribution is -0.456. The zero-order chi connectivity index (χ0) is 26.9. The van der Waals surface area contributed by atoms with Crippen LogP contribution in [0.5, 0.6) is 0 Å². The van der Waals surface area contributed by atoms with Crippen molar-refractivity contribution in [3.05, 3.63) is 11.6 Å². The molecule has 1 unspecified atom stereocenters. The van der Waals surface area contributed by atoms with E-state index in [0.717, 1.165) is 44.1 Å². The van der Waals surface area contributed by atoms with Crippen LogP contribution in [0.4, 0.5) is 0 Å². The second-order valence-electron chi connectivity index (χ2n) is 13.6. The molecule has 0 aromatic heterocycles. The maximum absolute atomic E-state index is 12.8. The van der Waals surface area contributed by atoms with Gasteiger partial charge in [-0.1, -0.05) is 6.92 Å². The lowest BCUT2D eigenvalue weighted by Crippen LogP contribution is -2.69. The van der Waals surface area contributed by atoms with Gasteiger partial charge in [0.2, 0.25) is 12.1 Å². The number of aliphatic hydroxyl groups is 2. The summed E-state index contributed by atoms with van der Waals surface area (Å²) in [6.07, 6.45) is 4.88. The highest BCUT2D eigenvalue weighted by molar-refractivity contribution is 7.75. The fourth-order valence-corrected chi connectivity index (χ4v) is 11.5. The Morgan fingerprint density at radius 2 is 1.90 bits per heavy atom. The van der Waals surface area contributed by atoms with Crippen LogP contribution in [0.3, 0.4) is 0 Å². The molecule has 11 heteroatoms. The van der Waals surface area contributed by atoms with Crippen molar-refractivity contribution in [3.8, 4) is 0 Å². The first-order chi connectivity index (χ1) is 18.6. The molecule has 10 nitrogen and oxygen atoms in total. The molecular formula is C28H38O10S. The second kappa shape index (κ2) is 8.56. The van der Waals surface area contributed by atoms with Gasteiger partial charge in [-0.25, -0.2) is 4.79 Å². The molecule has 0 bridgehead atoms. The molecule has 2 N–H and O–H groups in total. The van der Waals surface area contributed by atoms with Crippen LogP contribution in [0.25, 0.3) is 0 Å². The van der Waals surface area contributed by atoms with Crippen LogP contribution in [0.2, 0.25) is 0 Å². The summed E-state index contributed by atoms with van der Waals surface area (Å²) in [5.74, 6) is -0.803. The van der Waals surface area contributed by atoms with Gasteiger partial charge in [0.1, 0.15) is 24.4 Å². The average Bonchev–Trinajstić information content (AvgIpc) is 3.52. The highest BCUT2D eigenvalue weighted by Gasteiger charge is 2.75. The number of hydrogen-bond donors (Lipinski definition) is 2. The summed E-state index contributed by atoms with van der Waals surface area (Å²) >= 11 is -1.79. The summed E-state index contributed by atoms with van der Waals surface area (Å²) in [4.78, 5) is 11.9. The topological polar surface area (TPSA) is 130 Å². The smallest absolute Gasteiger partial charge is 0.331 e. The normalized spacial score (nSPS) is 59.7. The van der Waals surface area contributed by atoms with E-state index in [2.05, 4.69) is 6.92 Å². The molecule has 4 heterocycles. The maximum atomic E-state index is 12.8. The number of ether oxygens (including phenoxy) is 4. The Morgan fingerprint density at radius 3 is 2.69 bits per heavy atom. The van der Waals surface area contributed by atoms with E-state index < -0.39 is 35.1 Å². The van der Waals surface area contributed by atoms with E-state index in [1.54, 1.807) is 6.08 Å². The molecule has 7 fully saturated rings. The minimum absolute atomic E-state index is 0.0806. The lowest BCUT2D eigenvalue weighted by Gasteiger charge is -2.61. The van der Waals surface area contributed by atoms with Gasteiger partial charge >= 0.3 is 17.3 Å². The van der Waals surface area contributed by atoms with Crippen molar-refractivity contribution in [3.63, 3.8) is 0 Å². The number of esters is 1. The van der Waals surface area contributed by atoms with E-state index in [1.165, 1.54) is 0 Å². The Hall–Kier alpha value is -0.920. The summed E-state index contributed by atoms with van der Waals surface area (Å²) in [7, 11) is 0. The van der Waals surface area contributed by atoms with E-state index in [4.69, 9.17) is 27.3 Å². The summed E-state index contributed by atoms with van der Waals surface area (Å²) in [5, 5.41) is 22.0. The minimum Gasteiger partial charge on any atom is -0.458 e. The molecule has 0 aromatic carbocycles. The summed E-state index contributed by atoms with van der Waals surface area (Å²) in [6.45, 7) is 4.41. The predicted octanol–water partition coefficient (Wildman–Crippen LogP) is 2.04. The number of carbonyl (C=O) groups excluding carboxylic acids is 1. The molecule has 0 radical (unpaired) electrons. The molecule has 39 heavy (non-hydrogen) atoms. The summed E-state index contributed by atoms with van der Waals surface area (Å²) in [6, 6.07) is 0. The third-order valence-corrected chi connectivity index (χ3v) is 12.8. The molecule has 15 atom stereocenters. The van der Waals surface area contributed by atoms with Crippen LogP contribution in [0.1, 0.15) is 65.2 Å². The van der Waals surface area contributed by atoms with Gasteiger partial charge in [0.25, 0.3) is 0 Å². The highest BCUT2D eigenvalue weighted by atomic mass is 32.2. The van der Waals surface area contributed by atoms with E-state index in [1.807, 2.05) is 6.92 Å². The van der Waals surface area contributed by atoms with Crippen molar-refractivity contribution in [2.45, 2.75) is 113 Å². The molecule has 4 aliphatic heterocycles. The van der Waals surface area contributed by atoms with Crippen molar-refractivity contribution in [1.82, 2.24) is 0 Å². The van der Waals surface area contributed by atoms with Gasteiger partial charge in [-0.3, -0.25) is 8.37 Å². The number of aliphatic hydroxyl groups excluding tert-OH is 1. The maximum Gasteiger partial charge on any atom is 0.331 e. The average molecular weight is 567 g/mol. The Balaban J connectivity index is 1.09. The third kappa shape index (κ3) is 3.39. The molecule has 3 saturated heterocycles. The van der Waals surface area contributed by atoms with Crippen LogP contribution in [0.15, 0.2) is 11.6 Å². The largest absolute Gasteiger partial charge is 0.458 e. The van der Waals surface area contributed by atoms with E-state index in [-0.39, 0.29) is 54.1 Å². The molecular weight excluding hydrogens is 528 g/mol. The monoisotopic (exact) mass is 566 g/mol. The van der Waals surface area contributed by atoms with Crippen LogP contribution >= 0.6 is 0 Å². The molecule has 8 aliphatic rings. The Kier molecular flexibility index (Phi) is 5.66. The van der Waals surface area contributed by atoms with Crippen molar-refractivity contribution in [2.24, 2.45) is 35.0 Å². The molecule has 0 amide bonds. The zero-order valence-corrected chi connectivity index (χ0v) is 23.2. The fourth-order valence-electron chi connectivity index (χ4n) is 10.4. The molecule has 4 saturated carbocycles. The molecule has 0 aromatic rings. The standard InChI is InChI=1S/C28H38O10S/c1-13-7-22(29)28(31)25(34-13)35-20-8-14-3-4-18-16(17(14)10-21(20)36-28)5-6-26(2)19(15-9-24(30)33-12-15)11-23-27(18,26)38-39(32)37-23/h9,13-14,16-23,25,29,31H,3-8,10-12H2,1-2H3/t13-,14+,16-,17+,18-,19-,20-,21-,22+,23-,25+,26-,27-,28+,39?/m1/s1. The second-order valence-corrected chi connectivity index (χ2v) is 14.4. The Bertz CT molecular complexity index is 1130. The molecule has 4 aliphatic carbocycles. The van der Waals surface area contributed by atoms with Crippen LogP contribution in [-0.2, 0) is 43.5 Å². The van der Waals surface area contributed by atoms with Gasteiger partial charge in [-0.05, 0) is 87.0 Å². The summed E-state index contributed by atoms with van der Waals surface area (Å²) < 4.78 is 48.8. The number of cyclic esters (lactones) is 1. The molecule has 1 spiro atoms. The quantitative estimate of drug-likeness (QED) is 0.359. The van der Waals surface area contributed by atoms with Gasteiger partial charge < -0.3 is 29.2 Å². The van der Waals surface area contributed by atoms with E-state index in [0.29, 0.717) is 30.8 Å². The minimum atomic E-state index is -1.87. The van der Waals surface area contributed by atoms with Crippen molar-refractivity contribution in [2.75, 3.05) is 6.61 Å². The lowest BCUT2D eigenvalue weighted by atomic mass is 9.47. The van der Waals surface area contributed by atoms with Gasteiger partial charge in [-0.2, -0.15) is 4.21 Å². The zero-order valence-electron chi connectivity index (χ0n) is 22.4. The number of fused-ring (bicyclic) bond motifs is 5. The number of hydrogen-bond acceptors (Lipinski definition) is 10. The SMILES string of the molecule is C[C@@H]1C[C@H](O)[C@]2(O)O[C@@H]3C[C@H]4[C@@H](CC[C@@H]5[C@@H]4CC[C@]4(C)[C@@H](C6=CC(=O)OC6)C[C@H]6OS(=O)O[C@]564)C[C@H]3O[C@@H]2O1. The van der Waals surface area contributed by atoms with Crippen LogP contribution < -0.4 is 0 Å². The first kappa shape index (κ1) is 25.8. The molecule has 216 valence electrons. The highest BCUT2D eigenvalue weighted by Crippen LogP contribution is 2.71.